The van der Waals surface area contributed by atoms with Gasteiger partial charge in [-0.1, -0.05) is 78.9 Å². The SMILES string of the molecule is O=C(OC(=Nc1cccc2ccccc12)c1nccc2ccccc12)c1ccccc1. The molecular formula is C27H18N2O2. The second-order valence-electron chi connectivity index (χ2n) is 7.05. The number of rotatable bonds is 3. The van der Waals surface area contributed by atoms with Crippen molar-refractivity contribution in [3.05, 3.63) is 121 Å². The lowest BCUT2D eigenvalue weighted by atomic mass is 10.1. The van der Waals surface area contributed by atoms with Gasteiger partial charge in [0.25, 0.3) is 0 Å². The summed E-state index contributed by atoms with van der Waals surface area (Å²) in [4.78, 5) is 22.2. The number of fused-ring (bicyclic) bond motifs is 2. The summed E-state index contributed by atoms with van der Waals surface area (Å²) in [5.41, 5.74) is 1.69. The summed E-state index contributed by atoms with van der Waals surface area (Å²) in [6, 6.07) is 32.5. The van der Waals surface area contributed by atoms with Crippen LogP contribution in [0.5, 0.6) is 0 Å². The van der Waals surface area contributed by atoms with E-state index in [9.17, 15) is 4.79 Å². The summed E-state index contributed by atoms with van der Waals surface area (Å²) in [6.45, 7) is 0. The number of hydrogen-bond acceptors (Lipinski definition) is 4. The van der Waals surface area contributed by atoms with E-state index in [4.69, 9.17) is 9.73 Å². The minimum Gasteiger partial charge on any atom is -0.401 e. The van der Waals surface area contributed by atoms with Crippen molar-refractivity contribution >= 4 is 39.1 Å². The number of aromatic nitrogens is 1. The van der Waals surface area contributed by atoms with E-state index in [0.717, 1.165) is 21.5 Å². The van der Waals surface area contributed by atoms with Crippen LogP contribution in [0.1, 0.15) is 16.1 Å². The normalized spacial score (nSPS) is 11.5. The molecule has 5 rings (SSSR count). The molecule has 4 aromatic carbocycles. The van der Waals surface area contributed by atoms with Crippen LogP contribution in [0.2, 0.25) is 0 Å². The Morgan fingerprint density at radius 3 is 2.13 bits per heavy atom. The molecule has 0 unspecified atom stereocenters. The van der Waals surface area contributed by atoms with Crippen molar-refractivity contribution in [2.45, 2.75) is 0 Å². The van der Waals surface area contributed by atoms with Crippen LogP contribution in [0.25, 0.3) is 21.5 Å². The molecule has 0 saturated heterocycles. The van der Waals surface area contributed by atoms with Crippen LogP contribution in [0, 0.1) is 0 Å². The molecule has 1 aromatic heterocycles. The van der Waals surface area contributed by atoms with Gasteiger partial charge in [0, 0.05) is 17.0 Å². The van der Waals surface area contributed by atoms with Crippen LogP contribution in [-0.2, 0) is 4.74 Å². The molecule has 148 valence electrons. The zero-order valence-corrected chi connectivity index (χ0v) is 16.6. The molecule has 0 aliphatic heterocycles. The summed E-state index contributed by atoms with van der Waals surface area (Å²) in [5.74, 6) is -0.309. The molecule has 4 nitrogen and oxygen atoms in total. The van der Waals surface area contributed by atoms with Gasteiger partial charge in [0.1, 0.15) is 5.69 Å². The monoisotopic (exact) mass is 402 g/mol. The van der Waals surface area contributed by atoms with Crippen molar-refractivity contribution in [1.82, 2.24) is 4.98 Å². The predicted molar refractivity (Wildman–Crippen MR) is 124 cm³/mol. The van der Waals surface area contributed by atoms with Crippen LogP contribution in [0.4, 0.5) is 5.69 Å². The molecule has 0 fully saturated rings. The zero-order chi connectivity index (χ0) is 21.0. The summed E-state index contributed by atoms with van der Waals surface area (Å²) in [6.07, 6.45) is 1.70. The molecule has 0 amide bonds. The highest BCUT2D eigenvalue weighted by Crippen LogP contribution is 2.28. The lowest BCUT2D eigenvalue weighted by Crippen LogP contribution is -2.15. The van der Waals surface area contributed by atoms with E-state index in [1.54, 1.807) is 30.5 Å². The Kier molecular flexibility index (Phi) is 4.95. The summed E-state index contributed by atoms with van der Waals surface area (Å²) < 4.78 is 5.83. The van der Waals surface area contributed by atoms with Gasteiger partial charge in [-0.15, -0.1) is 0 Å². The van der Waals surface area contributed by atoms with Gasteiger partial charge in [0.15, 0.2) is 0 Å². The Hall–Kier alpha value is -4.31. The fourth-order valence-corrected chi connectivity index (χ4v) is 3.55. The molecule has 31 heavy (non-hydrogen) atoms. The van der Waals surface area contributed by atoms with Crippen molar-refractivity contribution < 1.29 is 9.53 Å². The lowest BCUT2D eigenvalue weighted by molar-refractivity contribution is 0.0718. The quantitative estimate of drug-likeness (QED) is 0.201. The standard InChI is InChI=1S/C27H18N2O2/c30-27(21-11-2-1-3-12-21)31-26(25-23-15-7-5-10-20(23)17-18-28-25)29-24-16-8-13-19-9-4-6-14-22(19)24/h1-18H. The van der Waals surface area contributed by atoms with E-state index < -0.39 is 5.97 Å². The summed E-state index contributed by atoms with van der Waals surface area (Å²) >= 11 is 0. The van der Waals surface area contributed by atoms with E-state index in [1.807, 2.05) is 78.9 Å². The highest BCUT2D eigenvalue weighted by molar-refractivity contribution is 6.12. The number of hydrogen-bond donors (Lipinski definition) is 0. The van der Waals surface area contributed by atoms with Gasteiger partial charge in [-0.3, -0.25) is 4.98 Å². The Morgan fingerprint density at radius 1 is 0.677 bits per heavy atom. The van der Waals surface area contributed by atoms with Gasteiger partial charge in [-0.05, 0) is 35.0 Å². The third-order valence-corrected chi connectivity index (χ3v) is 5.06. The van der Waals surface area contributed by atoms with Crippen molar-refractivity contribution in [3.8, 4) is 0 Å². The first kappa shape index (κ1) is 18.7. The Balaban J connectivity index is 1.69. The molecule has 0 aliphatic rings. The number of benzene rings is 4. The molecular weight excluding hydrogens is 384 g/mol. The maximum absolute atomic E-state index is 12.9. The van der Waals surface area contributed by atoms with E-state index in [0.29, 0.717) is 16.9 Å². The third kappa shape index (κ3) is 3.79. The molecule has 0 radical (unpaired) electrons. The molecule has 0 aliphatic carbocycles. The molecule has 0 N–H and O–H groups in total. The van der Waals surface area contributed by atoms with E-state index in [1.165, 1.54) is 0 Å². The van der Waals surface area contributed by atoms with Crippen molar-refractivity contribution in [2.75, 3.05) is 0 Å². The Labute approximate surface area is 179 Å². The first-order valence-corrected chi connectivity index (χ1v) is 9.97. The van der Waals surface area contributed by atoms with Crippen LogP contribution in [0.3, 0.4) is 0 Å². The van der Waals surface area contributed by atoms with Crippen molar-refractivity contribution in [1.29, 1.82) is 0 Å². The van der Waals surface area contributed by atoms with Gasteiger partial charge < -0.3 is 4.74 Å². The number of carbonyl (C=O) groups is 1. The minimum absolute atomic E-state index is 0.169. The predicted octanol–water partition coefficient (Wildman–Crippen LogP) is 6.32. The zero-order valence-electron chi connectivity index (χ0n) is 16.6. The number of ether oxygens (including phenoxy) is 1. The minimum atomic E-state index is -0.477. The molecule has 1 heterocycles. The molecule has 0 atom stereocenters. The van der Waals surface area contributed by atoms with E-state index in [2.05, 4.69) is 4.98 Å². The average Bonchev–Trinajstić information content (AvgIpc) is 2.84. The average molecular weight is 402 g/mol. The number of pyridine rings is 1. The topological polar surface area (TPSA) is 51.5 Å². The molecule has 0 bridgehead atoms. The summed E-state index contributed by atoms with van der Waals surface area (Å²) in [5, 5.41) is 3.89. The number of aliphatic imine (C=N–C) groups is 1. The van der Waals surface area contributed by atoms with Gasteiger partial charge in [-0.2, -0.15) is 0 Å². The van der Waals surface area contributed by atoms with Crippen LogP contribution >= 0.6 is 0 Å². The van der Waals surface area contributed by atoms with Gasteiger partial charge in [-0.25, -0.2) is 9.79 Å². The van der Waals surface area contributed by atoms with Crippen LogP contribution in [0.15, 0.2) is 114 Å². The highest BCUT2D eigenvalue weighted by atomic mass is 16.5. The van der Waals surface area contributed by atoms with Crippen LogP contribution in [-0.4, -0.2) is 16.9 Å². The first-order valence-electron chi connectivity index (χ1n) is 9.97. The van der Waals surface area contributed by atoms with Gasteiger partial charge in [0.05, 0.1) is 11.3 Å². The third-order valence-electron chi connectivity index (χ3n) is 5.06. The lowest BCUT2D eigenvalue weighted by Gasteiger charge is -2.11. The largest absolute Gasteiger partial charge is 0.401 e. The van der Waals surface area contributed by atoms with Crippen molar-refractivity contribution in [2.24, 2.45) is 4.99 Å². The molecule has 4 heteroatoms. The number of nitrogens with zero attached hydrogens (tertiary/aromatic N) is 2. The Bertz CT molecular complexity index is 1410. The smallest absolute Gasteiger partial charge is 0.344 e. The second-order valence-corrected chi connectivity index (χ2v) is 7.05. The fraction of sp³-hybridized carbons (Fsp3) is 0. The first-order chi connectivity index (χ1) is 15.3. The van der Waals surface area contributed by atoms with E-state index in [-0.39, 0.29) is 5.90 Å². The maximum Gasteiger partial charge on any atom is 0.344 e. The van der Waals surface area contributed by atoms with Crippen molar-refractivity contribution in [3.63, 3.8) is 0 Å². The maximum atomic E-state index is 12.9. The Morgan fingerprint density at radius 2 is 1.32 bits per heavy atom. The molecule has 5 aromatic rings. The summed E-state index contributed by atoms with van der Waals surface area (Å²) in [7, 11) is 0. The number of carbonyl (C=O) groups excluding carboxylic acids is 1. The highest BCUT2D eigenvalue weighted by Gasteiger charge is 2.18. The second kappa shape index (κ2) is 8.20. The molecule has 0 spiro atoms. The number of esters is 1. The fourth-order valence-electron chi connectivity index (χ4n) is 3.55. The van der Waals surface area contributed by atoms with Gasteiger partial charge >= 0.3 is 5.97 Å². The molecule has 0 saturated carbocycles. The van der Waals surface area contributed by atoms with E-state index >= 15 is 0 Å². The van der Waals surface area contributed by atoms with Gasteiger partial charge in [0.2, 0.25) is 5.90 Å². The van der Waals surface area contributed by atoms with Crippen LogP contribution < -0.4 is 0 Å².